The third kappa shape index (κ3) is 5.42. The fourth-order valence-electron chi connectivity index (χ4n) is 1.75. The van der Waals surface area contributed by atoms with E-state index in [0.717, 1.165) is 16.9 Å². The fraction of sp³-hybridized carbons (Fsp3) is 0.500. The number of halogens is 3. The van der Waals surface area contributed by atoms with Crippen molar-refractivity contribution >= 4 is 5.78 Å². The van der Waals surface area contributed by atoms with Crippen LogP contribution in [0, 0.1) is 0 Å². The number of hydrogen-bond acceptors (Lipinski definition) is 2. The van der Waals surface area contributed by atoms with Gasteiger partial charge in [0.15, 0.2) is 5.78 Å². The normalized spacial score (nSPS) is 11.9. The van der Waals surface area contributed by atoms with Gasteiger partial charge < -0.3 is 0 Å². The van der Waals surface area contributed by atoms with E-state index < -0.39 is 12.7 Å². The predicted molar refractivity (Wildman–Crippen MR) is 68.3 cm³/mol. The van der Waals surface area contributed by atoms with Crippen molar-refractivity contribution in [1.82, 2.24) is 4.90 Å². The SMILES string of the molecule is CCc1ccc(C(=O)CN(CC)CC(F)(F)F)cc1. The summed E-state index contributed by atoms with van der Waals surface area (Å²) < 4.78 is 36.9. The summed E-state index contributed by atoms with van der Waals surface area (Å²) in [5.74, 6) is -0.284. The molecule has 2 nitrogen and oxygen atoms in total. The van der Waals surface area contributed by atoms with Crippen LogP contribution in [0.25, 0.3) is 0 Å². The highest BCUT2D eigenvalue weighted by molar-refractivity contribution is 5.97. The summed E-state index contributed by atoms with van der Waals surface area (Å²) in [4.78, 5) is 13.0. The van der Waals surface area contributed by atoms with Gasteiger partial charge in [0.05, 0.1) is 13.1 Å². The van der Waals surface area contributed by atoms with E-state index in [0.29, 0.717) is 5.56 Å². The number of benzene rings is 1. The van der Waals surface area contributed by atoms with Crippen molar-refractivity contribution in [2.24, 2.45) is 0 Å². The second kappa shape index (κ2) is 6.70. The molecule has 0 aliphatic heterocycles. The second-order valence-electron chi connectivity index (χ2n) is 4.39. The van der Waals surface area contributed by atoms with Gasteiger partial charge in [-0.15, -0.1) is 0 Å². The molecule has 0 aliphatic rings. The molecule has 0 aliphatic carbocycles. The molecule has 19 heavy (non-hydrogen) atoms. The average Bonchev–Trinajstić information content (AvgIpc) is 2.36. The number of rotatable bonds is 6. The molecule has 0 unspecified atom stereocenters. The number of ketones is 1. The first-order chi connectivity index (χ1) is 8.85. The number of carbonyl (C=O) groups is 1. The lowest BCUT2D eigenvalue weighted by Gasteiger charge is -2.21. The van der Waals surface area contributed by atoms with Crippen molar-refractivity contribution in [1.29, 1.82) is 0 Å². The van der Waals surface area contributed by atoms with Crippen LogP contribution in [0.4, 0.5) is 13.2 Å². The highest BCUT2D eigenvalue weighted by atomic mass is 19.4. The summed E-state index contributed by atoms with van der Waals surface area (Å²) in [7, 11) is 0. The van der Waals surface area contributed by atoms with E-state index in [1.807, 2.05) is 19.1 Å². The Bertz CT molecular complexity index is 412. The predicted octanol–water partition coefficient (Wildman–Crippen LogP) is 3.32. The Kier molecular flexibility index (Phi) is 5.54. The van der Waals surface area contributed by atoms with E-state index in [9.17, 15) is 18.0 Å². The smallest absolute Gasteiger partial charge is 0.293 e. The van der Waals surface area contributed by atoms with Gasteiger partial charge >= 0.3 is 6.18 Å². The van der Waals surface area contributed by atoms with Gasteiger partial charge in [-0.3, -0.25) is 9.69 Å². The molecule has 0 amide bonds. The molecule has 0 saturated heterocycles. The van der Waals surface area contributed by atoms with Gasteiger partial charge in [0.2, 0.25) is 0 Å². The summed E-state index contributed by atoms with van der Waals surface area (Å²) in [6.45, 7) is 2.54. The lowest BCUT2D eigenvalue weighted by molar-refractivity contribution is -0.144. The molecule has 0 heterocycles. The number of Topliss-reactive ketones (excluding diaryl/α,β-unsaturated/α-hetero) is 1. The van der Waals surface area contributed by atoms with Crippen molar-refractivity contribution < 1.29 is 18.0 Å². The molecule has 0 saturated carbocycles. The van der Waals surface area contributed by atoms with E-state index in [-0.39, 0.29) is 18.9 Å². The minimum Gasteiger partial charge on any atom is -0.293 e. The minimum absolute atomic E-state index is 0.193. The highest BCUT2D eigenvalue weighted by Crippen LogP contribution is 2.16. The fourth-order valence-corrected chi connectivity index (χ4v) is 1.75. The van der Waals surface area contributed by atoms with Crippen LogP contribution in [0.3, 0.4) is 0 Å². The molecular formula is C14H18F3NO. The van der Waals surface area contributed by atoms with E-state index >= 15 is 0 Å². The molecule has 0 fully saturated rings. The van der Waals surface area contributed by atoms with Crippen LogP contribution in [0.5, 0.6) is 0 Å². The van der Waals surface area contributed by atoms with Gasteiger partial charge in [0.25, 0.3) is 0 Å². The summed E-state index contributed by atoms with van der Waals surface area (Å²) in [5.41, 5.74) is 1.55. The maximum atomic E-state index is 12.3. The van der Waals surface area contributed by atoms with Crippen LogP contribution in [-0.4, -0.2) is 36.5 Å². The van der Waals surface area contributed by atoms with E-state index in [1.54, 1.807) is 19.1 Å². The van der Waals surface area contributed by atoms with Crippen molar-refractivity contribution in [2.45, 2.75) is 26.4 Å². The quantitative estimate of drug-likeness (QED) is 0.741. The number of likely N-dealkylation sites (N-methyl/N-ethyl adjacent to an activating group) is 1. The molecule has 5 heteroatoms. The number of nitrogens with zero attached hydrogens (tertiary/aromatic N) is 1. The van der Waals surface area contributed by atoms with Crippen molar-refractivity contribution in [3.8, 4) is 0 Å². The molecule has 0 N–H and O–H groups in total. The van der Waals surface area contributed by atoms with Crippen LogP contribution >= 0.6 is 0 Å². The Balaban J connectivity index is 2.66. The van der Waals surface area contributed by atoms with Gasteiger partial charge in [-0.2, -0.15) is 13.2 Å². The van der Waals surface area contributed by atoms with Gasteiger partial charge in [-0.1, -0.05) is 38.1 Å². The Morgan fingerprint density at radius 1 is 1.16 bits per heavy atom. The zero-order valence-electron chi connectivity index (χ0n) is 11.1. The average molecular weight is 273 g/mol. The van der Waals surface area contributed by atoms with Crippen molar-refractivity contribution in [3.05, 3.63) is 35.4 Å². The number of alkyl halides is 3. The van der Waals surface area contributed by atoms with Crippen molar-refractivity contribution in [2.75, 3.05) is 19.6 Å². The van der Waals surface area contributed by atoms with Crippen molar-refractivity contribution in [3.63, 3.8) is 0 Å². The number of carbonyl (C=O) groups excluding carboxylic acids is 1. The van der Waals surface area contributed by atoms with E-state index in [1.165, 1.54) is 0 Å². The molecule has 0 aromatic heterocycles. The molecule has 0 atom stereocenters. The van der Waals surface area contributed by atoms with Gasteiger partial charge in [-0.25, -0.2) is 0 Å². The van der Waals surface area contributed by atoms with E-state index in [2.05, 4.69) is 0 Å². The molecule has 1 aromatic carbocycles. The third-order valence-electron chi connectivity index (χ3n) is 2.90. The summed E-state index contributed by atoms with van der Waals surface area (Å²) in [5, 5.41) is 0. The first-order valence-electron chi connectivity index (χ1n) is 6.27. The summed E-state index contributed by atoms with van der Waals surface area (Å²) in [6.07, 6.45) is -3.41. The maximum Gasteiger partial charge on any atom is 0.401 e. The Morgan fingerprint density at radius 2 is 1.74 bits per heavy atom. The second-order valence-corrected chi connectivity index (χ2v) is 4.39. The number of aryl methyl sites for hydroxylation is 1. The van der Waals surface area contributed by atoms with Crippen LogP contribution in [-0.2, 0) is 6.42 Å². The van der Waals surface area contributed by atoms with Crippen LogP contribution in [0.1, 0.15) is 29.8 Å². The number of hydrogen-bond donors (Lipinski definition) is 0. The Morgan fingerprint density at radius 3 is 2.16 bits per heavy atom. The summed E-state index contributed by atoms with van der Waals surface area (Å²) >= 11 is 0. The highest BCUT2D eigenvalue weighted by Gasteiger charge is 2.30. The minimum atomic E-state index is -4.28. The topological polar surface area (TPSA) is 20.3 Å². The van der Waals surface area contributed by atoms with Crippen LogP contribution in [0.15, 0.2) is 24.3 Å². The standard InChI is InChI=1S/C14H18F3NO/c1-3-11-5-7-12(8-6-11)13(19)9-18(4-2)10-14(15,16)17/h5-8H,3-4,9-10H2,1-2H3. The largest absolute Gasteiger partial charge is 0.401 e. The lowest BCUT2D eigenvalue weighted by atomic mass is 10.1. The molecular weight excluding hydrogens is 255 g/mol. The third-order valence-corrected chi connectivity index (χ3v) is 2.90. The zero-order valence-corrected chi connectivity index (χ0v) is 11.1. The monoisotopic (exact) mass is 273 g/mol. The Hall–Kier alpha value is -1.36. The summed E-state index contributed by atoms with van der Waals surface area (Å²) in [6, 6.07) is 6.99. The van der Waals surface area contributed by atoms with Gasteiger partial charge in [0.1, 0.15) is 0 Å². The molecule has 106 valence electrons. The zero-order chi connectivity index (χ0) is 14.5. The molecule has 0 spiro atoms. The molecule has 1 rings (SSSR count). The molecule has 0 radical (unpaired) electrons. The maximum absolute atomic E-state index is 12.3. The first kappa shape index (κ1) is 15.7. The molecule has 0 bridgehead atoms. The van der Waals surface area contributed by atoms with Gasteiger partial charge in [0, 0.05) is 5.56 Å². The lowest BCUT2D eigenvalue weighted by Crippen LogP contribution is -2.37. The molecule has 1 aromatic rings. The Labute approximate surface area is 111 Å². The van der Waals surface area contributed by atoms with Crippen LogP contribution < -0.4 is 0 Å². The van der Waals surface area contributed by atoms with E-state index in [4.69, 9.17) is 0 Å². The van der Waals surface area contributed by atoms with Crippen LogP contribution in [0.2, 0.25) is 0 Å². The van der Waals surface area contributed by atoms with Gasteiger partial charge in [-0.05, 0) is 18.5 Å². The first-order valence-corrected chi connectivity index (χ1v) is 6.27.